The maximum absolute atomic E-state index is 9.70. The lowest BCUT2D eigenvalue weighted by Gasteiger charge is -1.97. The van der Waals surface area contributed by atoms with Crippen molar-refractivity contribution in [2.75, 3.05) is 0 Å². The van der Waals surface area contributed by atoms with Crippen LogP contribution in [0.15, 0.2) is 12.2 Å². The van der Waals surface area contributed by atoms with Crippen molar-refractivity contribution >= 4 is 6.29 Å². The summed E-state index contributed by atoms with van der Waals surface area (Å²) in [5.41, 5.74) is 0.319. The molecule has 0 amide bonds. The number of hydrogen-bond acceptors (Lipinski definition) is 2. The first kappa shape index (κ1) is 7.37. The molecule has 8 heavy (non-hydrogen) atoms. The Bertz CT molecular complexity index is 94.7. The van der Waals surface area contributed by atoms with Crippen LogP contribution in [0.1, 0.15) is 13.3 Å². The van der Waals surface area contributed by atoms with Gasteiger partial charge in [0.2, 0.25) is 6.29 Å². The van der Waals surface area contributed by atoms with Crippen molar-refractivity contribution in [1.29, 1.82) is 0 Å². The van der Waals surface area contributed by atoms with Crippen LogP contribution in [0.2, 0.25) is 0 Å². The van der Waals surface area contributed by atoms with Crippen LogP contribution >= 0.6 is 0 Å². The summed E-state index contributed by atoms with van der Waals surface area (Å²) in [5, 5.41) is 8.61. The van der Waals surface area contributed by atoms with E-state index in [1.165, 1.54) is 0 Å². The normalized spacial score (nSPS) is 12.8. The Morgan fingerprint density at radius 1 is 2.00 bits per heavy atom. The van der Waals surface area contributed by atoms with Gasteiger partial charge in [-0.2, -0.15) is 0 Å². The first-order chi connectivity index (χ1) is 3.66. The molecule has 1 atom stereocenters. The van der Waals surface area contributed by atoms with Crippen molar-refractivity contribution in [1.82, 2.24) is 0 Å². The van der Waals surface area contributed by atoms with Gasteiger partial charge in [0.1, 0.15) is 0 Å². The topological polar surface area (TPSA) is 37.3 Å². The highest BCUT2D eigenvalue weighted by Crippen LogP contribution is 1.97. The molecule has 0 spiro atoms. The molecule has 0 aliphatic heterocycles. The molecule has 0 bridgehead atoms. The number of carbonyl (C=O) groups excluding carboxylic acids is 1. The van der Waals surface area contributed by atoms with Crippen molar-refractivity contribution < 1.29 is 9.90 Å². The van der Waals surface area contributed by atoms with E-state index in [1.807, 2.05) is 0 Å². The molecule has 2 nitrogen and oxygen atoms in total. The van der Waals surface area contributed by atoms with Crippen molar-refractivity contribution in [3.8, 4) is 0 Å². The van der Waals surface area contributed by atoms with Gasteiger partial charge in [0, 0.05) is 6.42 Å². The van der Waals surface area contributed by atoms with Crippen molar-refractivity contribution in [2.45, 2.75) is 19.4 Å². The Morgan fingerprint density at radius 3 is 2.62 bits per heavy atom. The van der Waals surface area contributed by atoms with Crippen LogP contribution in [0.4, 0.5) is 0 Å². The second-order valence-electron chi connectivity index (χ2n) is 1.76. The maximum atomic E-state index is 9.70. The fourth-order valence-electron chi connectivity index (χ4n) is 0.398. The van der Waals surface area contributed by atoms with Crippen LogP contribution in [-0.4, -0.2) is 17.5 Å². The third kappa shape index (κ3) is 3.56. The van der Waals surface area contributed by atoms with Crippen LogP contribution in [0.3, 0.4) is 0 Å². The molecule has 1 unspecified atom stereocenters. The molecule has 45 valence electrons. The van der Waals surface area contributed by atoms with Gasteiger partial charge in [0.15, 0.2) is 0 Å². The third-order valence-corrected chi connectivity index (χ3v) is 0.686. The van der Waals surface area contributed by atoms with Crippen LogP contribution in [0, 0.1) is 0 Å². The van der Waals surface area contributed by atoms with Gasteiger partial charge >= 0.3 is 0 Å². The first-order valence-electron chi connectivity index (χ1n) is 2.41. The van der Waals surface area contributed by atoms with E-state index in [-0.39, 0.29) is 0 Å². The van der Waals surface area contributed by atoms with Crippen molar-refractivity contribution in [2.24, 2.45) is 0 Å². The lowest BCUT2D eigenvalue weighted by Crippen LogP contribution is -2.00. The highest BCUT2D eigenvalue weighted by atomic mass is 16.3. The van der Waals surface area contributed by atoms with Crippen LogP contribution in [-0.2, 0) is 4.79 Å². The fourth-order valence-corrected chi connectivity index (χ4v) is 0.398. The number of aliphatic hydroxyl groups is 1. The molecule has 1 radical (unpaired) electrons. The van der Waals surface area contributed by atoms with E-state index in [0.717, 1.165) is 0 Å². The predicted octanol–water partition coefficient (Wildman–Crippen LogP) is 0.423. The Labute approximate surface area is 48.8 Å². The van der Waals surface area contributed by atoms with Gasteiger partial charge in [0.25, 0.3) is 0 Å². The third-order valence-electron chi connectivity index (χ3n) is 0.686. The molecular weight excluding hydrogens is 104 g/mol. The van der Waals surface area contributed by atoms with E-state index in [2.05, 4.69) is 6.58 Å². The molecule has 0 aromatic rings. The molecule has 0 aromatic carbocycles. The average molecular weight is 113 g/mol. The minimum Gasteiger partial charge on any atom is -0.393 e. The van der Waals surface area contributed by atoms with Crippen molar-refractivity contribution in [3.05, 3.63) is 12.2 Å². The summed E-state index contributed by atoms with van der Waals surface area (Å²) in [7, 11) is 0. The molecule has 1 N–H and O–H groups in total. The van der Waals surface area contributed by atoms with Gasteiger partial charge in [-0.05, 0) is 12.5 Å². The summed E-state index contributed by atoms with van der Waals surface area (Å²) >= 11 is 0. The minimum absolute atomic E-state index is 0.319. The Morgan fingerprint density at radius 2 is 2.50 bits per heavy atom. The highest BCUT2D eigenvalue weighted by molar-refractivity contribution is 5.72. The SMILES string of the molecule is C=C([C]=O)CC(C)O. The monoisotopic (exact) mass is 113 g/mol. The quantitative estimate of drug-likeness (QED) is 0.539. The van der Waals surface area contributed by atoms with Crippen molar-refractivity contribution in [3.63, 3.8) is 0 Å². The summed E-state index contributed by atoms with van der Waals surface area (Å²) in [5.74, 6) is 0. The Balaban J connectivity index is 3.39. The van der Waals surface area contributed by atoms with Gasteiger partial charge in [-0.3, -0.25) is 4.79 Å². The minimum atomic E-state index is -0.482. The average Bonchev–Trinajstić information content (AvgIpc) is 1.65. The smallest absolute Gasteiger partial charge is 0.228 e. The molecule has 0 aromatic heterocycles. The molecule has 0 saturated heterocycles. The second kappa shape index (κ2) is 3.38. The molecule has 0 aliphatic rings. The van der Waals surface area contributed by atoms with E-state index >= 15 is 0 Å². The van der Waals surface area contributed by atoms with E-state index in [0.29, 0.717) is 12.0 Å². The van der Waals surface area contributed by atoms with E-state index < -0.39 is 6.10 Å². The zero-order valence-electron chi connectivity index (χ0n) is 4.85. The molecule has 0 fully saturated rings. The summed E-state index contributed by atoms with van der Waals surface area (Å²) < 4.78 is 0. The van der Waals surface area contributed by atoms with Crippen LogP contribution in [0.25, 0.3) is 0 Å². The molecule has 2 heteroatoms. The second-order valence-corrected chi connectivity index (χ2v) is 1.76. The molecule has 0 rings (SSSR count). The van der Waals surface area contributed by atoms with Gasteiger partial charge in [0.05, 0.1) is 6.10 Å². The molecule has 0 saturated carbocycles. The summed E-state index contributed by atoms with van der Waals surface area (Å²) in [6.45, 7) is 4.93. The summed E-state index contributed by atoms with van der Waals surface area (Å²) in [4.78, 5) is 9.70. The van der Waals surface area contributed by atoms with Gasteiger partial charge in [-0.1, -0.05) is 6.58 Å². The fraction of sp³-hybridized carbons (Fsp3) is 0.500. The van der Waals surface area contributed by atoms with E-state index in [9.17, 15) is 4.79 Å². The molecular formula is C6H9O2. The Hall–Kier alpha value is -0.630. The van der Waals surface area contributed by atoms with Gasteiger partial charge in [-0.15, -0.1) is 0 Å². The summed E-state index contributed by atoms with van der Waals surface area (Å²) in [6.07, 6.45) is 1.43. The lowest BCUT2D eigenvalue weighted by atomic mass is 10.2. The largest absolute Gasteiger partial charge is 0.393 e. The van der Waals surface area contributed by atoms with E-state index in [1.54, 1.807) is 13.2 Å². The standard InChI is InChI=1S/C6H9O2/c1-5(4-7)3-6(2)8/h6,8H,1,3H2,2H3. The zero-order valence-corrected chi connectivity index (χ0v) is 4.85. The Kier molecular flexibility index (Phi) is 3.12. The number of rotatable bonds is 3. The number of hydrogen-bond donors (Lipinski definition) is 1. The molecule has 0 aliphatic carbocycles. The first-order valence-corrected chi connectivity index (χ1v) is 2.41. The van der Waals surface area contributed by atoms with Crippen LogP contribution < -0.4 is 0 Å². The van der Waals surface area contributed by atoms with Crippen LogP contribution in [0.5, 0.6) is 0 Å². The van der Waals surface area contributed by atoms with E-state index in [4.69, 9.17) is 5.11 Å². The maximum Gasteiger partial charge on any atom is 0.228 e. The highest BCUT2D eigenvalue weighted by Gasteiger charge is 1.97. The predicted molar refractivity (Wildman–Crippen MR) is 31.1 cm³/mol. The summed E-state index contributed by atoms with van der Waals surface area (Å²) in [6, 6.07) is 0. The van der Waals surface area contributed by atoms with Gasteiger partial charge < -0.3 is 5.11 Å². The number of aliphatic hydroxyl groups excluding tert-OH is 1. The lowest BCUT2D eigenvalue weighted by molar-refractivity contribution is 0.197. The molecule has 0 heterocycles. The van der Waals surface area contributed by atoms with Gasteiger partial charge in [-0.25, -0.2) is 0 Å². The zero-order chi connectivity index (χ0) is 6.57.